The van der Waals surface area contributed by atoms with Crippen LogP contribution in [0.4, 0.5) is 8.78 Å². The molecule has 0 aliphatic carbocycles. The predicted octanol–water partition coefficient (Wildman–Crippen LogP) is 3.43. The third kappa shape index (κ3) is 3.97. The Morgan fingerprint density at radius 1 is 1.41 bits per heavy atom. The monoisotopic (exact) mass is 261 g/mol. The summed E-state index contributed by atoms with van der Waals surface area (Å²) in [6, 6.07) is 5.60. The number of carbonyl (C=O) groups is 1. The first kappa shape index (κ1) is 13.9. The third-order valence-electron chi connectivity index (χ3n) is 2.23. The Morgan fingerprint density at radius 3 is 2.65 bits per heavy atom. The molecule has 1 aromatic rings. The second kappa shape index (κ2) is 6.55. The zero-order valence-corrected chi connectivity index (χ0v) is 10.2. The van der Waals surface area contributed by atoms with E-state index in [-0.39, 0.29) is 11.5 Å². The maximum Gasteiger partial charge on any atom is 0.263 e. The average Bonchev–Trinajstić information content (AvgIpc) is 2.35. The van der Waals surface area contributed by atoms with Crippen LogP contribution in [0.25, 0.3) is 0 Å². The topological polar surface area (TPSA) is 29.1 Å². The van der Waals surface area contributed by atoms with Crippen LogP contribution in [0.2, 0.25) is 0 Å². The van der Waals surface area contributed by atoms with E-state index in [1.54, 1.807) is 6.07 Å². The molecule has 0 saturated heterocycles. The fraction of sp³-hybridized carbons (Fsp3) is 0.417. The summed E-state index contributed by atoms with van der Waals surface area (Å²) in [7, 11) is 0. The van der Waals surface area contributed by atoms with Gasteiger partial charge in [0.1, 0.15) is 5.38 Å². The molecule has 17 heavy (non-hydrogen) atoms. The van der Waals surface area contributed by atoms with Gasteiger partial charge in [-0.25, -0.2) is 8.78 Å². The van der Waals surface area contributed by atoms with E-state index in [1.807, 2.05) is 6.92 Å². The Hall–Kier alpha value is -1.16. The highest BCUT2D eigenvalue weighted by Crippen LogP contribution is 2.25. The lowest BCUT2D eigenvalue weighted by Gasteiger charge is -2.11. The highest BCUT2D eigenvalue weighted by molar-refractivity contribution is 6.30. The number of rotatable bonds is 5. The fourth-order valence-electron chi connectivity index (χ4n) is 1.34. The molecule has 0 bridgehead atoms. The van der Waals surface area contributed by atoms with Crippen molar-refractivity contribution in [3.8, 4) is 0 Å². The zero-order valence-electron chi connectivity index (χ0n) is 9.42. The summed E-state index contributed by atoms with van der Waals surface area (Å²) < 4.78 is 24.9. The van der Waals surface area contributed by atoms with Gasteiger partial charge < -0.3 is 5.32 Å². The molecular weight excluding hydrogens is 248 g/mol. The molecule has 94 valence electrons. The molecule has 0 aliphatic rings. The van der Waals surface area contributed by atoms with Gasteiger partial charge in [-0.15, -0.1) is 11.6 Å². The molecule has 1 atom stereocenters. The normalized spacial score (nSPS) is 12.5. The molecule has 1 aromatic carbocycles. The molecule has 0 spiro atoms. The maximum absolute atomic E-state index is 12.5. The minimum atomic E-state index is -2.56. The van der Waals surface area contributed by atoms with Crippen molar-refractivity contribution in [3.05, 3.63) is 35.4 Å². The van der Waals surface area contributed by atoms with Crippen molar-refractivity contribution >= 4 is 17.5 Å². The Bertz CT molecular complexity index is 385. The molecule has 1 amide bonds. The summed E-state index contributed by atoms with van der Waals surface area (Å²) in [6.07, 6.45) is -1.76. The van der Waals surface area contributed by atoms with Gasteiger partial charge in [-0.3, -0.25) is 4.79 Å². The second-order valence-corrected chi connectivity index (χ2v) is 4.06. The van der Waals surface area contributed by atoms with Gasteiger partial charge in [0, 0.05) is 12.1 Å². The molecular formula is C12H14ClF2NO. The zero-order chi connectivity index (χ0) is 12.8. The first-order valence-electron chi connectivity index (χ1n) is 5.36. The van der Waals surface area contributed by atoms with Crippen LogP contribution in [-0.4, -0.2) is 12.5 Å². The van der Waals surface area contributed by atoms with Crippen molar-refractivity contribution in [2.75, 3.05) is 6.54 Å². The van der Waals surface area contributed by atoms with Crippen LogP contribution in [0, 0.1) is 0 Å². The molecule has 0 heterocycles. The summed E-state index contributed by atoms with van der Waals surface area (Å²) >= 11 is 5.91. The maximum atomic E-state index is 12.5. The van der Waals surface area contributed by atoms with Crippen LogP contribution in [0.5, 0.6) is 0 Å². The van der Waals surface area contributed by atoms with Crippen LogP contribution in [0.1, 0.15) is 36.3 Å². The second-order valence-electron chi connectivity index (χ2n) is 3.62. The van der Waals surface area contributed by atoms with Gasteiger partial charge in [0.15, 0.2) is 0 Å². The van der Waals surface area contributed by atoms with E-state index in [0.29, 0.717) is 12.1 Å². The van der Waals surface area contributed by atoms with Crippen molar-refractivity contribution in [1.29, 1.82) is 0 Å². The molecule has 5 heteroatoms. The Balaban J connectivity index is 2.77. The fourth-order valence-corrected chi connectivity index (χ4v) is 1.55. The van der Waals surface area contributed by atoms with E-state index in [2.05, 4.69) is 5.32 Å². The van der Waals surface area contributed by atoms with E-state index < -0.39 is 11.8 Å². The summed E-state index contributed by atoms with van der Waals surface area (Å²) in [6.45, 7) is 2.44. The Kier molecular flexibility index (Phi) is 5.35. The molecule has 0 radical (unpaired) electrons. The van der Waals surface area contributed by atoms with E-state index in [1.165, 1.54) is 18.2 Å². The lowest BCUT2D eigenvalue weighted by molar-refractivity contribution is -0.120. The van der Waals surface area contributed by atoms with Crippen molar-refractivity contribution in [3.63, 3.8) is 0 Å². The van der Waals surface area contributed by atoms with E-state index in [4.69, 9.17) is 11.6 Å². The summed E-state index contributed by atoms with van der Waals surface area (Å²) in [4.78, 5) is 11.6. The van der Waals surface area contributed by atoms with Gasteiger partial charge in [0.05, 0.1) is 0 Å². The molecule has 0 aliphatic heterocycles. The highest BCUT2D eigenvalue weighted by atomic mass is 35.5. The number of carbonyl (C=O) groups excluding carboxylic acids is 1. The number of hydrogen-bond donors (Lipinski definition) is 1. The summed E-state index contributed by atoms with van der Waals surface area (Å²) in [5, 5.41) is 1.69. The van der Waals surface area contributed by atoms with Gasteiger partial charge in [0.2, 0.25) is 5.91 Å². The molecule has 0 aromatic heterocycles. The minimum Gasteiger partial charge on any atom is -0.355 e. The lowest BCUT2D eigenvalue weighted by Crippen LogP contribution is -2.27. The van der Waals surface area contributed by atoms with Crippen LogP contribution in [0.3, 0.4) is 0 Å². The van der Waals surface area contributed by atoms with Gasteiger partial charge in [-0.05, 0) is 18.1 Å². The van der Waals surface area contributed by atoms with Gasteiger partial charge in [-0.2, -0.15) is 0 Å². The molecule has 2 nitrogen and oxygen atoms in total. The van der Waals surface area contributed by atoms with Gasteiger partial charge in [0.25, 0.3) is 6.43 Å². The van der Waals surface area contributed by atoms with Crippen LogP contribution < -0.4 is 5.32 Å². The molecule has 0 saturated carbocycles. The predicted molar refractivity (Wildman–Crippen MR) is 63.3 cm³/mol. The number of hydrogen-bond acceptors (Lipinski definition) is 1. The first-order valence-corrected chi connectivity index (χ1v) is 5.79. The smallest absolute Gasteiger partial charge is 0.263 e. The first-order chi connectivity index (χ1) is 8.06. The van der Waals surface area contributed by atoms with Crippen molar-refractivity contribution in [2.45, 2.75) is 25.1 Å². The van der Waals surface area contributed by atoms with E-state index >= 15 is 0 Å². The average molecular weight is 262 g/mol. The number of amides is 1. The van der Waals surface area contributed by atoms with E-state index in [0.717, 1.165) is 6.42 Å². The lowest BCUT2D eigenvalue weighted by atomic mass is 10.1. The SMILES string of the molecule is CCCNC(=O)C(Cl)c1cccc(C(F)F)c1. The van der Waals surface area contributed by atoms with Crippen molar-refractivity contribution < 1.29 is 13.6 Å². The Labute approximate surface area is 104 Å². The summed E-state index contributed by atoms with van der Waals surface area (Å²) in [5.74, 6) is -0.361. The number of benzene rings is 1. The summed E-state index contributed by atoms with van der Waals surface area (Å²) in [5.41, 5.74) is 0.259. The number of alkyl halides is 3. The number of halogens is 3. The Morgan fingerprint density at radius 2 is 2.06 bits per heavy atom. The van der Waals surface area contributed by atoms with Crippen LogP contribution >= 0.6 is 11.6 Å². The quantitative estimate of drug-likeness (QED) is 0.809. The molecule has 1 rings (SSSR count). The minimum absolute atomic E-state index is 0.128. The van der Waals surface area contributed by atoms with Gasteiger partial charge >= 0.3 is 0 Å². The highest BCUT2D eigenvalue weighted by Gasteiger charge is 2.18. The van der Waals surface area contributed by atoms with Crippen molar-refractivity contribution in [1.82, 2.24) is 5.32 Å². The largest absolute Gasteiger partial charge is 0.355 e. The van der Waals surface area contributed by atoms with E-state index in [9.17, 15) is 13.6 Å². The van der Waals surface area contributed by atoms with Crippen LogP contribution in [0.15, 0.2) is 24.3 Å². The molecule has 1 unspecified atom stereocenters. The van der Waals surface area contributed by atoms with Gasteiger partial charge in [-0.1, -0.05) is 25.1 Å². The molecule has 0 fully saturated rings. The molecule has 1 N–H and O–H groups in total. The van der Waals surface area contributed by atoms with Crippen LogP contribution in [-0.2, 0) is 4.79 Å². The number of nitrogens with one attached hydrogen (secondary N) is 1. The third-order valence-corrected chi connectivity index (χ3v) is 2.68. The van der Waals surface area contributed by atoms with Crippen molar-refractivity contribution in [2.24, 2.45) is 0 Å². The standard InChI is InChI=1S/C12H14ClF2NO/c1-2-6-16-12(17)10(13)8-4-3-5-9(7-8)11(14)15/h3-5,7,10-11H,2,6H2,1H3,(H,16,17).